The maximum Gasteiger partial charge on any atom is 0.248 e. The Morgan fingerprint density at radius 3 is 2.80 bits per heavy atom. The molecule has 3 aromatic rings. The predicted molar refractivity (Wildman–Crippen MR) is 151 cm³/mol. The number of fused-ring (bicyclic) bond motifs is 3. The third-order valence-electron chi connectivity index (χ3n) is 7.60. The summed E-state index contributed by atoms with van der Waals surface area (Å²) in [6.45, 7) is 3.30. The van der Waals surface area contributed by atoms with Gasteiger partial charge >= 0.3 is 0 Å². The highest BCUT2D eigenvalue weighted by Gasteiger charge is 2.36. The molecule has 2 unspecified atom stereocenters. The summed E-state index contributed by atoms with van der Waals surface area (Å²) in [6, 6.07) is 8.74. The number of morpholine rings is 1. The van der Waals surface area contributed by atoms with Crippen LogP contribution in [-0.2, 0) is 14.3 Å². The number of rotatable bonds is 9. The minimum Gasteiger partial charge on any atom is -0.489 e. The van der Waals surface area contributed by atoms with E-state index in [-0.39, 0.29) is 17.0 Å². The van der Waals surface area contributed by atoms with E-state index in [1.165, 1.54) is 18.5 Å². The first-order valence-corrected chi connectivity index (χ1v) is 14.0. The molecular weight excluding hydrogens is 537 g/mol. The molecular formula is C29H31ClFN5O4. The van der Waals surface area contributed by atoms with Gasteiger partial charge in [0.05, 0.1) is 35.5 Å². The highest BCUT2D eigenvalue weighted by atomic mass is 35.5. The largest absolute Gasteiger partial charge is 0.489 e. The summed E-state index contributed by atoms with van der Waals surface area (Å²) in [5.74, 6) is 0.198. The van der Waals surface area contributed by atoms with Crippen molar-refractivity contribution in [2.24, 2.45) is 0 Å². The van der Waals surface area contributed by atoms with Gasteiger partial charge in [-0.1, -0.05) is 17.7 Å². The molecule has 1 aromatic heterocycles. The molecule has 2 N–H and O–H groups in total. The number of anilines is 3. The summed E-state index contributed by atoms with van der Waals surface area (Å²) >= 11 is 5.96. The zero-order valence-electron chi connectivity index (χ0n) is 21.9. The van der Waals surface area contributed by atoms with E-state index in [9.17, 15) is 9.18 Å². The number of hydrogen-bond donors (Lipinski definition) is 2. The number of benzene rings is 2. The molecule has 3 saturated heterocycles. The van der Waals surface area contributed by atoms with Crippen molar-refractivity contribution in [1.29, 1.82) is 0 Å². The van der Waals surface area contributed by atoms with E-state index in [0.717, 1.165) is 45.5 Å². The van der Waals surface area contributed by atoms with Crippen LogP contribution in [0.15, 0.2) is 48.8 Å². The lowest BCUT2D eigenvalue weighted by Crippen LogP contribution is -2.45. The third kappa shape index (κ3) is 6.05. The smallest absolute Gasteiger partial charge is 0.248 e. The van der Waals surface area contributed by atoms with Crippen LogP contribution in [0.5, 0.6) is 5.75 Å². The van der Waals surface area contributed by atoms with Crippen molar-refractivity contribution in [3.8, 4) is 5.75 Å². The fourth-order valence-electron chi connectivity index (χ4n) is 5.54. The van der Waals surface area contributed by atoms with E-state index < -0.39 is 5.82 Å². The first-order valence-electron chi connectivity index (χ1n) is 13.6. The van der Waals surface area contributed by atoms with Gasteiger partial charge < -0.3 is 24.8 Å². The van der Waals surface area contributed by atoms with Gasteiger partial charge in [-0.2, -0.15) is 0 Å². The molecule has 1 amide bonds. The summed E-state index contributed by atoms with van der Waals surface area (Å²) < 4.78 is 31.2. The molecule has 0 aliphatic carbocycles. The van der Waals surface area contributed by atoms with Gasteiger partial charge in [-0.05, 0) is 49.9 Å². The Kier molecular flexibility index (Phi) is 8.10. The minimum absolute atomic E-state index is 0.00185. The number of nitrogens with one attached hydrogen (secondary N) is 2. The van der Waals surface area contributed by atoms with Gasteiger partial charge in [-0.25, -0.2) is 14.4 Å². The zero-order chi connectivity index (χ0) is 27.5. The molecule has 9 nitrogen and oxygen atoms in total. The fourth-order valence-corrected chi connectivity index (χ4v) is 5.72. The average Bonchev–Trinajstić information content (AvgIpc) is 3.54. The second kappa shape index (κ2) is 12.1. The van der Waals surface area contributed by atoms with Gasteiger partial charge in [0, 0.05) is 48.5 Å². The lowest BCUT2D eigenvalue weighted by atomic mass is 10.1. The van der Waals surface area contributed by atoms with E-state index in [2.05, 4.69) is 25.5 Å². The lowest BCUT2D eigenvalue weighted by molar-refractivity contribution is -0.112. The fraction of sp³-hybridized carbons (Fsp3) is 0.414. The normalized spacial score (nSPS) is 22.7. The van der Waals surface area contributed by atoms with Crippen LogP contribution in [0.25, 0.3) is 10.9 Å². The first-order chi connectivity index (χ1) is 19.5. The Morgan fingerprint density at radius 1 is 1.18 bits per heavy atom. The summed E-state index contributed by atoms with van der Waals surface area (Å²) in [6.07, 6.45) is 9.09. The first kappa shape index (κ1) is 26.9. The number of nitrogens with zero attached hydrogens (tertiary/aromatic N) is 3. The monoisotopic (exact) mass is 567 g/mol. The summed E-state index contributed by atoms with van der Waals surface area (Å²) in [5.41, 5.74) is 1.67. The van der Waals surface area contributed by atoms with Crippen LogP contribution in [-0.4, -0.2) is 71.9 Å². The van der Waals surface area contributed by atoms with Crippen LogP contribution in [0.4, 0.5) is 21.6 Å². The molecule has 2 bridgehead atoms. The second-order valence-corrected chi connectivity index (χ2v) is 10.7. The van der Waals surface area contributed by atoms with Crippen LogP contribution >= 0.6 is 11.6 Å². The molecule has 210 valence electrons. The van der Waals surface area contributed by atoms with Crippen molar-refractivity contribution in [3.63, 3.8) is 0 Å². The van der Waals surface area contributed by atoms with Crippen LogP contribution in [0, 0.1) is 5.82 Å². The number of ether oxygens (including phenoxy) is 3. The zero-order valence-corrected chi connectivity index (χ0v) is 22.7. The Morgan fingerprint density at radius 2 is 2.02 bits per heavy atom. The second-order valence-electron chi connectivity index (χ2n) is 10.3. The maximum atomic E-state index is 13.7. The molecule has 4 heterocycles. The number of halogens is 2. The van der Waals surface area contributed by atoms with Crippen molar-refractivity contribution >= 4 is 45.6 Å². The number of aromatic nitrogens is 2. The van der Waals surface area contributed by atoms with Crippen molar-refractivity contribution in [2.75, 3.05) is 43.6 Å². The third-order valence-corrected chi connectivity index (χ3v) is 7.89. The van der Waals surface area contributed by atoms with Gasteiger partial charge in [-0.3, -0.25) is 9.69 Å². The SMILES string of the molecule is O=C(/C=C/CN1C2CCC1COC2)Nc1cc2c(Nc3ccc(F)c(Cl)c3)ncnc2cc1OC[C@@H]1CCCO1. The number of carbonyl (C=O) groups is 1. The van der Waals surface area contributed by atoms with E-state index in [4.69, 9.17) is 25.8 Å². The van der Waals surface area contributed by atoms with Crippen molar-refractivity contribution in [3.05, 3.63) is 59.7 Å². The Balaban J connectivity index is 1.23. The van der Waals surface area contributed by atoms with Crippen LogP contribution in [0.3, 0.4) is 0 Å². The lowest BCUT2D eigenvalue weighted by Gasteiger charge is -2.33. The molecule has 40 heavy (non-hydrogen) atoms. The summed E-state index contributed by atoms with van der Waals surface area (Å²) in [7, 11) is 0. The van der Waals surface area contributed by atoms with Crippen LogP contribution < -0.4 is 15.4 Å². The van der Waals surface area contributed by atoms with Crippen molar-refractivity contribution in [1.82, 2.24) is 14.9 Å². The Labute approximate surface area is 236 Å². The molecule has 6 rings (SSSR count). The molecule has 0 radical (unpaired) electrons. The Hall–Kier alpha value is -3.31. The number of carbonyl (C=O) groups excluding carboxylic acids is 1. The molecule has 11 heteroatoms. The highest BCUT2D eigenvalue weighted by Crippen LogP contribution is 2.34. The Bertz CT molecular complexity index is 1400. The van der Waals surface area contributed by atoms with Crippen LogP contribution in [0.2, 0.25) is 5.02 Å². The topological polar surface area (TPSA) is 97.8 Å². The van der Waals surface area contributed by atoms with Gasteiger partial charge in [0.2, 0.25) is 5.91 Å². The summed E-state index contributed by atoms with van der Waals surface area (Å²) in [4.78, 5) is 24.2. The molecule has 3 aliphatic rings. The van der Waals surface area contributed by atoms with E-state index in [0.29, 0.717) is 59.1 Å². The molecule has 3 fully saturated rings. The maximum absolute atomic E-state index is 13.7. The van der Waals surface area contributed by atoms with Gasteiger partial charge in [0.15, 0.2) is 0 Å². The van der Waals surface area contributed by atoms with E-state index in [1.807, 2.05) is 6.08 Å². The molecule has 2 aromatic carbocycles. The molecule has 0 spiro atoms. The van der Waals surface area contributed by atoms with E-state index >= 15 is 0 Å². The van der Waals surface area contributed by atoms with Crippen molar-refractivity contribution in [2.45, 2.75) is 43.9 Å². The quantitative estimate of drug-likeness (QED) is 0.345. The van der Waals surface area contributed by atoms with Gasteiger partial charge in [0.25, 0.3) is 0 Å². The minimum atomic E-state index is -0.507. The van der Waals surface area contributed by atoms with Crippen molar-refractivity contribution < 1.29 is 23.4 Å². The van der Waals surface area contributed by atoms with Gasteiger partial charge in [0.1, 0.15) is 30.3 Å². The van der Waals surface area contributed by atoms with E-state index in [1.54, 1.807) is 24.3 Å². The van der Waals surface area contributed by atoms with Crippen LogP contribution in [0.1, 0.15) is 25.7 Å². The highest BCUT2D eigenvalue weighted by molar-refractivity contribution is 6.31. The standard InChI is InChI=1S/C29H31ClFN5O4/c30-23-11-18(5-8-24(23)31)34-29-22-12-26(27(13-25(22)32-17-33-29)40-16-21-3-2-10-39-21)35-28(37)4-1-9-36-19-6-7-20(36)15-38-14-19/h1,4-5,8,11-13,17,19-21H,2-3,6-7,9-10,14-16H2,(H,35,37)(H,32,33,34)/b4-1+/t19?,20?,21-/m0/s1. The molecule has 3 aliphatic heterocycles. The molecule has 3 atom stereocenters. The number of hydrogen-bond acceptors (Lipinski definition) is 8. The molecule has 0 saturated carbocycles. The summed E-state index contributed by atoms with van der Waals surface area (Å²) in [5, 5.41) is 6.79. The predicted octanol–water partition coefficient (Wildman–Crippen LogP) is 5.08. The van der Waals surface area contributed by atoms with Gasteiger partial charge in [-0.15, -0.1) is 0 Å². The number of amides is 1. The average molecular weight is 568 g/mol.